The van der Waals surface area contributed by atoms with E-state index in [0.29, 0.717) is 13.0 Å². The summed E-state index contributed by atoms with van der Waals surface area (Å²) in [6.45, 7) is 1.72. The van der Waals surface area contributed by atoms with E-state index in [9.17, 15) is 29.4 Å². The average molecular weight is 559 g/mol. The highest BCUT2D eigenvalue weighted by atomic mass is 16.3. The van der Waals surface area contributed by atoms with Crippen LogP contribution in [0, 0.1) is 0 Å². The Morgan fingerprint density at radius 3 is 1.93 bits per heavy atom. The third-order valence-corrected chi connectivity index (χ3v) is 5.58. The molecule has 0 aliphatic carbocycles. The number of hydrogen-bond acceptors (Lipinski definition) is 6. The number of aliphatic hydroxyl groups is 1. The number of benzene rings is 2. The molecule has 14 heteroatoms. The predicted octanol–water partition coefficient (Wildman–Crippen LogP) is -0.181. The molecule has 0 fully saturated rings. The fourth-order valence-corrected chi connectivity index (χ4v) is 3.54. The largest absolute Gasteiger partial charge is 0.508 e. The van der Waals surface area contributed by atoms with Crippen LogP contribution < -0.4 is 43.0 Å². The molecule has 0 saturated carbocycles. The van der Waals surface area contributed by atoms with E-state index >= 15 is 0 Å². The van der Waals surface area contributed by atoms with Crippen molar-refractivity contribution in [2.45, 2.75) is 38.0 Å². The number of carbonyl (C=O) groups is 4. The van der Waals surface area contributed by atoms with Crippen LogP contribution in [0.15, 0.2) is 54.6 Å². The molecule has 0 heterocycles. The lowest BCUT2D eigenvalue weighted by atomic mass is 10.1. The molecule has 0 aliphatic heterocycles. The van der Waals surface area contributed by atoms with Crippen molar-refractivity contribution in [3.05, 3.63) is 65.7 Å². The maximum absolute atomic E-state index is 12.5. The smallest absolute Gasteiger partial charge is 0.315 e. The van der Waals surface area contributed by atoms with Crippen LogP contribution in [0.25, 0.3) is 0 Å². The number of nitrogens with two attached hydrogens (primary N) is 1. The van der Waals surface area contributed by atoms with Crippen LogP contribution in [-0.4, -0.2) is 78.7 Å². The molecule has 0 saturated heterocycles. The third kappa shape index (κ3) is 13.2. The number of phenols is 1. The van der Waals surface area contributed by atoms with Crippen molar-refractivity contribution in [1.29, 1.82) is 0 Å². The minimum Gasteiger partial charge on any atom is -0.508 e. The number of primary amides is 1. The van der Waals surface area contributed by atoms with Crippen LogP contribution in [-0.2, 0) is 13.0 Å². The van der Waals surface area contributed by atoms with Gasteiger partial charge in [-0.05, 0) is 36.6 Å². The van der Waals surface area contributed by atoms with Crippen molar-refractivity contribution in [3.63, 3.8) is 0 Å². The Kier molecular flexibility index (Phi) is 13.4. The van der Waals surface area contributed by atoms with E-state index < -0.39 is 48.9 Å². The number of aromatic hydroxyl groups is 1. The van der Waals surface area contributed by atoms with Gasteiger partial charge in [-0.15, -0.1) is 0 Å². The highest BCUT2D eigenvalue weighted by Crippen LogP contribution is 2.11. The van der Waals surface area contributed by atoms with E-state index in [-0.39, 0.29) is 25.4 Å². The van der Waals surface area contributed by atoms with Gasteiger partial charge in [-0.1, -0.05) is 42.5 Å². The molecule has 0 bridgehead atoms. The zero-order valence-corrected chi connectivity index (χ0v) is 22.3. The summed E-state index contributed by atoms with van der Waals surface area (Å²) in [5.41, 5.74) is 6.80. The lowest BCUT2D eigenvalue weighted by molar-refractivity contribution is 0.210. The quantitative estimate of drug-likeness (QED) is 0.151. The van der Waals surface area contributed by atoms with Crippen LogP contribution in [0.5, 0.6) is 5.75 Å². The van der Waals surface area contributed by atoms with E-state index in [0.717, 1.165) is 11.1 Å². The lowest BCUT2D eigenvalue weighted by Crippen LogP contribution is -2.54. The Labute approximate surface area is 232 Å². The summed E-state index contributed by atoms with van der Waals surface area (Å²) in [7, 11) is 0. The van der Waals surface area contributed by atoms with Crippen LogP contribution in [0.3, 0.4) is 0 Å². The zero-order valence-electron chi connectivity index (χ0n) is 22.3. The molecule has 2 aromatic carbocycles. The minimum atomic E-state index is -0.756. The number of urea groups is 4. The molecule has 0 aliphatic rings. The fraction of sp³-hybridized carbons (Fsp3) is 0.385. The van der Waals surface area contributed by atoms with Gasteiger partial charge in [-0.25, -0.2) is 19.2 Å². The Morgan fingerprint density at radius 2 is 1.30 bits per heavy atom. The molecular weight excluding hydrogens is 520 g/mol. The van der Waals surface area contributed by atoms with Crippen molar-refractivity contribution in [2.24, 2.45) is 5.73 Å². The number of hydrogen-bond donors (Lipinski definition) is 10. The van der Waals surface area contributed by atoms with Crippen molar-refractivity contribution >= 4 is 24.1 Å². The summed E-state index contributed by atoms with van der Waals surface area (Å²) in [5, 5.41) is 37.5. The summed E-state index contributed by atoms with van der Waals surface area (Å²) in [5.74, 6) is 0.0943. The van der Waals surface area contributed by atoms with Gasteiger partial charge in [0.2, 0.25) is 0 Å². The number of phenolic OH excluding ortho intramolecular Hbond substituents is 1. The van der Waals surface area contributed by atoms with Crippen molar-refractivity contribution < 1.29 is 29.4 Å². The second kappa shape index (κ2) is 17.0. The van der Waals surface area contributed by atoms with Crippen molar-refractivity contribution in [1.82, 2.24) is 37.2 Å². The van der Waals surface area contributed by atoms with E-state index in [4.69, 9.17) is 5.73 Å². The Morgan fingerprint density at radius 1 is 0.725 bits per heavy atom. The number of aliphatic hydroxyl groups excluding tert-OH is 1. The SMILES string of the molecule is C[C@@H](CNC(=O)N[C@H](CNC(=O)N[C@@H](CO)CNC(=O)NCc1ccccc1)Cc1ccc(O)cc1)NC(N)=O. The summed E-state index contributed by atoms with van der Waals surface area (Å²) in [6.07, 6.45) is 0.329. The Bertz CT molecular complexity index is 1090. The highest BCUT2D eigenvalue weighted by molar-refractivity contribution is 5.76. The molecule has 0 unspecified atom stereocenters. The van der Waals surface area contributed by atoms with Crippen LogP contribution in [0.1, 0.15) is 18.1 Å². The molecule has 0 radical (unpaired) electrons. The lowest BCUT2D eigenvalue weighted by Gasteiger charge is -2.22. The monoisotopic (exact) mass is 558 g/mol. The Balaban J connectivity index is 1.83. The average Bonchev–Trinajstić information content (AvgIpc) is 2.93. The predicted molar refractivity (Wildman–Crippen MR) is 148 cm³/mol. The number of carbonyl (C=O) groups excluding carboxylic acids is 4. The second-order valence-corrected chi connectivity index (χ2v) is 9.11. The molecule has 11 N–H and O–H groups in total. The Hall–Kier alpha value is -4.72. The van der Waals surface area contributed by atoms with Crippen molar-refractivity contribution in [2.75, 3.05) is 26.2 Å². The van der Waals surface area contributed by atoms with E-state index in [1.54, 1.807) is 19.1 Å². The summed E-state index contributed by atoms with van der Waals surface area (Å²) >= 11 is 0. The molecule has 40 heavy (non-hydrogen) atoms. The molecule has 218 valence electrons. The normalized spacial score (nSPS) is 12.7. The first-order valence-corrected chi connectivity index (χ1v) is 12.7. The van der Waals surface area contributed by atoms with Gasteiger partial charge < -0.3 is 53.2 Å². The second-order valence-electron chi connectivity index (χ2n) is 9.11. The molecule has 3 atom stereocenters. The fourth-order valence-electron chi connectivity index (χ4n) is 3.54. The molecule has 14 nitrogen and oxygen atoms in total. The van der Waals surface area contributed by atoms with Gasteiger partial charge in [0.1, 0.15) is 5.75 Å². The molecule has 2 rings (SSSR count). The summed E-state index contributed by atoms with van der Waals surface area (Å²) < 4.78 is 0. The van der Waals surface area contributed by atoms with Crippen molar-refractivity contribution in [3.8, 4) is 5.75 Å². The molecule has 0 spiro atoms. The maximum Gasteiger partial charge on any atom is 0.315 e. The first-order chi connectivity index (χ1) is 19.1. The topological polar surface area (TPSA) is 219 Å². The molecule has 0 aromatic heterocycles. The van der Waals surface area contributed by atoms with Gasteiger partial charge in [0.05, 0.1) is 18.7 Å². The number of nitrogens with one attached hydrogen (secondary N) is 7. The van der Waals surface area contributed by atoms with Gasteiger partial charge in [0, 0.05) is 32.2 Å². The summed E-state index contributed by atoms with van der Waals surface area (Å²) in [4.78, 5) is 47.9. The van der Waals surface area contributed by atoms with Gasteiger partial charge in [-0.3, -0.25) is 0 Å². The summed E-state index contributed by atoms with van der Waals surface area (Å²) in [6, 6.07) is 11.8. The first-order valence-electron chi connectivity index (χ1n) is 12.7. The van der Waals surface area contributed by atoms with Gasteiger partial charge in [0.25, 0.3) is 0 Å². The van der Waals surface area contributed by atoms with E-state index in [1.807, 2.05) is 30.3 Å². The number of rotatable bonds is 14. The maximum atomic E-state index is 12.5. The van der Waals surface area contributed by atoms with Gasteiger partial charge in [0.15, 0.2) is 0 Å². The molecule has 8 amide bonds. The van der Waals surface area contributed by atoms with Crippen LogP contribution >= 0.6 is 0 Å². The van der Waals surface area contributed by atoms with Crippen LogP contribution in [0.2, 0.25) is 0 Å². The standard InChI is InChI=1S/C26H38N8O6/c1-17(32-23(27)37)12-28-25(39)33-20(11-18-7-9-22(36)10-8-18)14-31-26(40)34-21(16-35)15-30-24(38)29-13-19-5-3-2-4-6-19/h2-10,17,20-21,35-36H,11-16H2,1H3,(H3,27,32,37)(H2,28,33,39)(H2,29,30,38)(H2,31,34,40)/t17-,20-,21+/m0/s1. The number of amides is 8. The van der Waals surface area contributed by atoms with Gasteiger partial charge in [-0.2, -0.15) is 0 Å². The molecule has 2 aromatic rings. The third-order valence-electron chi connectivity index (χ3n) is 5.58. The van der Waals surface area contributed by atoms with Gasteiger partial charge >= 0.3 is 24.1 Å². The minimum absolute atomic E-state index is 0.0142. The molecular formula is C26H38N8O6. The first kappa shape index (κ1) is 31.5. The van der Waals surface area contributed by atoms with Crippen LogP contribution in [0.4, 0.5) is 19.2 Å². The zero-order chi connectivity index (χ0) is 29.3. The van der Waals surface area contributed by atoms with E-state index in [1.165, 1.54) is 12.1 Å². The van der Waals surface area contributed by atoms with E-state index in [2.05, 4.69) is 37.2 Å². The highest BCUT2D eigenvalue weighted by Gasteiger charge is 2.17.